The van der Waals surface area contributed by atoms with E-state index >= 15 is 0 Å². The van der Waals surface area contributed by atoms with Crippen molar-refractivity contribution in [1.29, 1.82) is 0 Å². The van der Waals surface area contributed by atoms with Crippen LogP contribution < -0.4 is 0 Å². The zero-order chi connectivity index (χ0) is 8.27. The largest absolute Gasteiger partial charge is 0.272 e. The van der Waals surface area contributed by atoms with Gasteiger partial charge in [-0.2, -0.15) is 17.7 Å². The predicted molar refractivity (Wildman–Crippen MR) is 50.1 cm³/mol. The molecule has 1 aromatic rings. The SMILES string of the molecule is Cc1cc(CCCS)n(C)n1. The Morgan fingerprint density at radius 2 is 2.36 bits per heavy atom. The third-order valence-electron chi connectivity index (χ3n) is 1.69. The average Bonchev–Trinajstić information content (AvgIpc) is 2.26. The van der Waals surface area contributed by atoms with Crippen LogP contribution in [0.5, 0.6) is 0 Å². The minimum atomic E-state index is 0.949. The normalized spacial score (nSPS) is 10.5. The summed E-state index contributed by atoms with van der Waals surface area (Å²) in [5.74, 6) is 0.949. The Balaban J connectivity index is 2.62. The molecular formula is C8H14N2S. The Morgan fingerprint density at radius 3 is 2.82 bits per heavy atom. The van der Waals surface area contributed by atoms with Gasteiger partial charge >= 0.3 is 0 Å². The lowest BCUT2D eigenvalue weighted by molar-refractivity contribution is 0.694. The minimum absolute atomic E-state index is 0.949. The first-order chi connectivity index (χ1) is 5.24. The lowest BCUT2D eigenvalue weighted by Gasteiger charge is -1.97. The van der Waals surface area contributed by atoms with Crippen LogP contribution in [0.15, 0.2) is 6.07 Å². The van der Waals surface area contributed by atoms with E-state index in [1.807, 2.05) is 18.7 Å². The summed E-state index contributed by atoms with van der Waals surface area (Å²) >= 11 is 4.16. The molecule has 2 nitrogen and oxygen atoms in total. The van der Waals surface area contributed by atoms with Gasteiger partial charge in [-0.15, -0.1) is 0 Å². The van der Waals surface area contributed by atoms with Crippen molar-refractivity contribution < 1.29 is 0 Å². The fourth-order valence-electron chi connectivity index (χ4n) is 1.16. The molecule has 0 radical (unpaired) electrons. The van der Waals surface area contributed by atoms with Crippen molar-refractivity contribution in [3.8, 4) is 0 Å². The highest BCUT2D eigenvalue weighted by Gasteiger charge is 1.99. The molecule has 0 saturated heterocycles. The molecule has 0 aliphatic carbocycles. The van der Waals surface area contributed by atoms with E-state index in [1.54, 1.807) is 0 Å². The monoisotopic (exact) mass is 170 g/mol. The molecule has 0 aliphatic heterocycles. The molecule has 11 heavy (non-hydrogen) atoms. The zero-order valence-electron chi connectivity index (χ0n) is 7.04. The second-order valence-corrected chi connectivity index (χ2v) is 3.18. The summed E-state index contributed by atoms with van der Waals surface area (Å²) in [5.41, 5.74) is 2.40. The molecule has 1 rings (SSSR count). The molecule has 0 atom stereocenters. The van der Waals surface area contributed by atoms with Crippen LogP contribution in [0.25, 0.3) is 0 Å². The molecule has 0 aromatic carbocycles. The summed E-state index contributed by atoms with van der Waals surface area (Å²) in [6.07, 6.45) is 2.21. The highest BCUT2D eigenvalue weighted by Crippen LogP contribution is 2.04. The van der Waals surface area contributed by atoms with Gasteiger partial charge in [-0.3, -0.25) is 4.68 Å². The number of rotatable bonds is 3. The zero-order valence-corrected chi connectivity index (χ0v) is 7.93. The van der Waals surface area contributed by atoms with Gasteiger partial charge in [-0.1, -0.05) is 0 Å². The fourth-order valence-corrected chi connectivity index (χ4v) is 1.32. The maximum atomic E-state index is 4.26. The highest BCUT2D eigenvalue weighted by molar-refractivity contribution is 7.80. The lowest BCUT2D eigenvalue weighted by atomic mass is 10.2. The summed E-state index contributed by atoms with van der Waals surface area (Å²) in [5, 5.41) is 4.26. The Labute approximate surface area is 73.0 Å². The van der Waals surface area contributed by atoms with Crippen LogP contribution in [0, 0.1) is 6.92 Å². The van der Waals surface area contributed by atoms with Gasteiger partial charge in [-0.25, -0.2) is 0 Å². The summed E-state index contributed by atoms with van der Waals surface area (Å²) < 4.78 is 1.94. The van der Waals surface area contributed by atoms with Crippen molar-refractivity contribution in [1.82, 2.24) is 9.78 Å². The van der Waals surface area contributed by atoms with Crippen molar-refractivity contribution in [2.45, 2.75) is 19.8 Å². The molecule has 1 heterocycles. The first kappa shape index (κ1) is 8.65. The van der Waals surface area contributed by atoms with Crippen molar-refractivity contribution in [2.75, 3.05) is 5.75 Å². The van der Waals surface area contributed by atoms with Gasteiger partial charge in [0.1, 0.15) is 0 Å². The molecule has 3 heteroatoms. The van der Waals surface area contributed by atoms with Crippen LogP contribution in [0.2, 0.25) is 0 Å². The van der Waals surface area contributed by atoms with E-state index in [0.717, 1.165) is 24.3 Å². The quantitative estimate of drug-likeness (QED) is 0.682. The third-order valence-corrected chi connectivity index (χ3v) is 2.01. The predicted octanol–water partition coefficient (Wildman–Crippen LogP) is 1.59. The molecule has 0 aliphatic rings. The highest BCUT2D eigenvalue weighted by atomic mass is 32.1. The summed E-state index contributed by atoms with van der Waals surface area (Å²) in [4.78, 5) is 0. The molecule has 0 unspecified atom stereocenters. The molecule has 0 amide bonds. The van der Waals surface area contributed by atoms with Gasteiger partial charge in [0.25, 0.3) is 0 Å². The second-order valence-electron chi connectivity index (χ2n) is 2.73. The number of nitrogens with zero attached hydrogens (tertiary/aromatic N) is 2. The summed E-state index contributed by atoms with van der Waals surface area (Å²) in [7, 11) is 1.99. The Bertz CT molecular complexity index is 230. The summed E-state index contributed by atoms with van der Waals surface area (Å²) in [6.45, 7) is 2.02. The van der Waals surface area contributed by atoms with Gasteiger partial charge < -0.3 is 0 Å². The topological polar surface area (TPSA) is 17.8 Å². The number of aryl methyl sites for hydroxylation is 3. The van der Waals surface area contributed by atoms with Crippen molar-refractivity contribution in [3.63, 3.8) is 0 Å². The number of hydrogen-bond donors (Lipinski definition) is 1. The maximum absolute atomic E-state index is 4.26. The van der Waals surface area contributed by atoms with E-state index in [0.29, 0.717) is 0 Å². The molecule has 0 fully saturated rings. The Hall–Kier alpha value is -0.440. The number of hydrogen-bond acceptors (Lipinski definition) is 2. The van der Waals surface area contributed by atoms with Crippen LogP contribution in [0.1, 0.15) is 17.8 Å². The lowest BCUT2D eigenvalue weighted by Crippen LogP contribution is -1.98. The number of aromatic nitrogens is 2. The standard InChI is InChI=1S/C8H14N2S/c1-7-6-8(4-3-5-11)10(2)9-7/h6,11H,3-5H2,1-2H3. The van der Waals surface area contributed by atoms with Crippen LogP contribution in [-0.2, 0) is 13.5 Å². The van der Waals surface area contributed by atoms with Crippen LogP contribution in [0.4, 0.5) is 0 Å². The minimum Gasteiger partial charge on any atom is -0.272 e. The van der Waals surface area contributed by atoms with Crippen molar-refractivity contribution >= 4 is 12.6 Å². The first-order valence-electron chi connectivity index (χ1n) is 3.84. The number of thiol groups is 1. The molecule has 0 saturated carbocycles. The molecule has 1 aromatic heterocycles. The van der Waals surface area contributed by atoms with Crippen LogP contribution in [-0.4, -0.2) is 15.5 Å². The van der Waals surface area contributed by atoms with Gasteiger partial charge in [0.05, 0.1) is 5.69 Å². The smallest absolute Gasteiger partial charge is 0.0596 e. The Morgan fingerprint density at radius 1 is 1.64 bits per heavy atom. The summed E-state index contributed by atoms with van der Waals surface area (Å²) in [6, 6.07) is 2.13. The Kier molecular flexibility index (Phi) is 3.00. The van der Waals surface area contributed by atoms with Crippen molar-refractivity contribution in [3.05, 3.63) is 17.5 Å². The van der Waals surface area contributed by atoms with Crippen LogP contribution >= 0.6 is 12.6 Å². The van der Waals surface area contributed by atoms with Gasteiger partial charge in [-0.05, 0) is 31.6 Å². The van der Waals surface area contributed by atoms with E-state index in [9.17, 15) is 0 Å². The van der Waals surface area contributed by atoms with E-state index < -0.39 is 0 Å². The second kappa shape index (κ2) is 3.81. The van der Waals surface area contributed by atoms with Gasteiger partial charge in [0, 0.05) is 12.7 Å². The molecule has 0 spiro atoms. The first-order valence-corrected chi connectivity index (χ1v) is 4.47. The van der Waals surface area contributed by atoms with Crippen molar-refractivity contribution in [2.24, 2.45) is 7.05 Å². The van der Waals surface area contributed by atoms with E-state index in [2.05, 4.69) is 23.8 Å². The third kappa shape index (κ3) is 2.26. The van der Waals surface area contributed by atoms with E-state index in [4.69, 9.17) is 0 Å². The van der Waals surface area contributed by atoms with Gasteiger partial charge in [0.2, 0.25) is 0 Å². The molecule has 0 bridgehead atoms. The molecule has 0 N–H and O–H groups in total. The van der Waals surface area contributed by atoms with E-state index in [-0.39, 0.29) is 0 Å². The van der Waals surface area contributed by atoms with Crippen LogP contribution in [0.3, 0.4) is 0 Å². The van der Waals surface area contributed by atoms with Gasteiger partial charge in [0.15, 0.2) is 0 Å². The molecule has 62 valence electrons. The molecular weight excluding hydrogens is 156 g/mol. The maximum Gasteiger partial charge on any atom is 0.0596 e. The average molecular weight is 170 g/mol. The van der Waals surface area contributed by atoms with E-state index in [1.165, 1.54) is 5.69 Å². The fraction of sp³-hybridized carbons (Fsp3) is 0.625.